The summed E-state index contributed by atoms with van der Waals surface area (Å²) in [6, 6.07) is 13.4. The first kappa shape index (κ1) is 28.0. The fourth-order valence-corrected chi connectivity index (χ4v) is 6.45. The third kappa shape index (κ3) is 7.30. The van der Waals surface area contributed by atoms with E-state index in [1.54, 1.807) is 25.1 Å². The number of carboxylic acids is 1. The van der Waals surface area contributed by atoms with Crippen LogP contribution in [-0.2, 0) is 4.79 Å². The number of aliphatic hydroxyl groups is 1. The van der Waals surface area contributed by atoms with E-state index >= 15 is 0 Å². The SMILES string of the molecule is COc1ccc2ncc(Cl)c([C@@H](O)CCC3(CC(=O)O)CCN(CCSc4ccc(Cl)cc4)CC3)c2c1. The van der Waals surface area contributed by atoms with Crippen LogP contribution in [0.5, 0.6) is 5.75 Å². The molecule has 2 aromatic carbocycles. The van der Waals surface area contributed by atoms with Crippen molar-refractivity contribution < 1.29 is 19.7 Å². The van der Waals surface area contributed by atoms with E-state index in [-0.39, 0.29) is 11.8 Å². The number of aliphatic carboxylic acids is 1. The van der Waals surface area contributed by atoms with Crippen molar-refractivity contribution in [2.45, 2.75) is 43.1 Å². The highest BCUT2D eigenvalue weighted by Gasteiger charge is 2.37. The van der Waals surface area contributed by atoms with Crippen LogP contribution < -0.4 is 4.74 Å². The fourth-order valence-electron chi connectivity index (χ4n) is 5.13. The van der Waals surface area contributed by atoms with Gasteiger partial charge in [-0.25, -0.2) is 0 Å². The number of thioether (sulfide) groups is 1. The standard InChI is InChI=1S/C28H32Cl2N2O4S/c1-36-20-4-7-24-22(16-20)27(23(30)18-31-24)25(33)8-9-28(17-26(34)35)10-12-32(13-11-28)14-15-37-21-5-2-19(29)3-6-21/h2-7,16,18,25,33H,8-15,17H2,1H3,(H,34,35)/t25-/m0/s1. The van der Waals surface area contributed by atoms with Crippen LogP contribution in [0.2, 0.25) is 10.0 Å². The van der Waals surface area contributed by atoms with Gasteiger partial charge in [-0.3, -0.25) is 9.78 Å². The van der Waals surface area contributed by atoms with E-state index in [2.05, 4.69) is 9.88 Å². The molecule has 1 atom stereocenters. The van der Waals surface area contributed by atoms with Crippen molar-refractivity contribution in [2.24, 2.45) is 5.41 Å². The Labute approximate surface area is 231 Å². The number of halogens is 2. The molecule has 0 unspecified atom stereocenters. The number of carboxylic acid groups (broad SMARTS) is 1. The Kier molecular flexibility index (Phi) is 9.59. The molecule has 0 aliphatic carbocycles. The summed E-state index contributed by atoms with van der Waals surface area (Å²) in [4.78, 5) is 19.7. The molecular formula is C28H32Cl2N2O4S. The van der Waals surface area contributed by atoms with Crippen molar-refractivity contribution >= 4 is 51.8 Å². The van der Waals surface area contributed by atoms with Gasteiger partial charge >= 0.3 is 5.97 Å². The molecule has 3 aromatic rings. The summed E-state index contributed by atoms with van der Waals surface area (Å²) in [5.41, 5.74) is 0.997. The fraction of sp³-hybridized carbons (Fsp3) is 0.429. The van der Waals surface area contributed by atoms with Crippen LogP contribution in [0, 0.1) is 5.41 Å². The molecule has 2 heterocycles. The molecule has 1 aliphatic rings. The van der Waals surface area contributed by atoms with Gasteiger partial charge in [0, 0.05) is 39.4 Å². The van der Waals surface area contributed by atoms with Crippen LogP contribution in [0.15, 0.2) is 53.6 Å². The zero-order chi connectivity index (χ0) is 26.4. The molecule has 0 saturated carbocycles. The van der Waals surface area contributed by atoms with Gasteiger partial charge in [0.25, 0.3) is 0 Å². The first-order chi connectivity index (χ1) is 17.8. The number of rotatable bonds is 11. The molecule has 198 valence electrons. The van der Waals surface area contributed by atoms with E-state index < -0.39 is 12.1 Å². The maximum absolute atomic E-state index is 11.8. The third-order valence-corrected chi connectivity index (χ3v) is 8.83. The van der Waals surface area contributed by atoms with E-state index in [4.69, 9.17) is 27.9 Å². The number of likely N-dealkylation sites (tertiary alicyclic amines) is 1. The van der Waals surface area contributed by atoms with Crippen molar-refractivity contribution in [3.63, 3.8) is 0 Å². The van der Waals surface area contributed by atoms with Gasteiger partial charge in [-0.1, -0.05) is 23.2 Å². The quantitative estimate of drug-likeness (QED) is 0.251. The number of benzene rings is 2. The van der Waals surface area contributed by atoms with Gasteiger partial charge in [-0.05, 0) is 86.7 Å². The summed E-state index contributed by atoms with van der Waals surface area (Å²) in [6.45, 7) is 2.64. The van der Waals surface area contributed by atoms with Gasteiger partial charge in [0.1, 0.15) is 5.75 Å². The zero-order valence-electron chi connectivity index (χ0n) is 20.8. The molecule has 0 amide bonds. The number of ether oxygens (including phenoxy) is 1. The summed E-state index contributed by atoms with van der Waals surface area (Å²) in [5.74, 6) is 0.830. The van der Waals surface area contributed by atoms with Crippen molar-refractivity contribution in [3.05, 3.63) is 64.3 Å². The lowest BCUT2D eigenvalue weighted by atomic mass is 9.71. The number of hydrogen-bond donors (Lipinski definition) is 2. The summed E-state index contributed by atoms with van der Waals surface area (Å²) in [6.07, 6.45) is 3.44. The number of piperidine rings is 1. The zero-order valence-corrected chi connectivity index (χ0v) is 23.2. The number of pyridine rings is 1. The number of aliphatic hydroxyl groups excluding tert-OH is 1. The summed E-state index contributed by atoms with van der Waals surface area (Å²) in [7, 11) is 1.59. The number of fused-ring (bicyclic) bond motifs is 1. The van der Waals surface area contributed by atoms with Crippen LogP contribution in [0.1, 0.15) is 43.8 Å². The summed E-state index contributed by atoms with van der Waals surface area (Å²) < 4.78 is 5.35. The first-order valence-corrected chi connectivity index (χ1v) is 14.2. The van der Waals surface area contributed by atoms with Crippen molar-refractivity contribution in [1.82, 2.24) is 9.88 Å². The van der Waals surface area contributed by atoms with Crippen LogP contribution in [0.4, 0.5) is 0 Å². The van der Waals surface area contributed by atoms with Crippen LogP contribution in [0.3, 0.4) is 0 Å². The maximum Gasteiger partial charge on any atom is 0.303 e. The second-order valence-corrected chi connectivity index (χ2v) is 11.7. The lowest BCUT2D eigenvalue weighted by Crippen LogP contribution is -2.42. The molecule has 37 heavy (non-hydrogen) atoms. The van der Waals surface area contributed by atoms with Crippen LogP contribution in [-0.4, -0.2) is 58.6 Å². The summed E-state index contributed by atoms with van der Waals surface area (Å²) in [5, 5.41) is 22.8. The van der Waals surface area contributed by atoms with Crippen molar-refractivity contribution in [3.8, 4) is 5.75 Å². The monoisotopic (exact) mass is 562 g/mol. The topological polar surface area (TPSA) is 82.9 Å². The Bertz CT molecular complexity index is 1220. The van der Waals surface area contributed by atoms with Crippen molar-refractivity contribution in [1.29, 1.82) is 0 Å². The van der Waals surface area contributed by atoms with Crippen molar-refractivity contribution in [2.75, 3.05) is 32.5 Å². The maximum atomic E-state index is 11.8. The molecule has 2 N–H and O–H groups in total. The van der Waals surface area contributed by atoms with E-state index in [0.29, 0.717) is 29.2 Å². The Morgan fingerprint density at radius 2 is 1.92 bits per heavy atom. The lowest BCUT2D eigenvalue weighted by molar-refractivity contribution is -0.141. The number of hydrogen-bond acceptors (Lipinski definition) is 6. The Morgan fingerprint density at radius 1 is 1.19 bits per heavy atom. The molecule has 0 spiro atoms. The van der Waals surface area contributed by atoms with E-state index in [0.717, 1.165) is 54.2 Å². The average Bonchev–Trinajstić information content (AvgIpc) is 2.89. The number of nitrogens with zero attached hydrogens (tertiary/aromatic N) is 2. The van der Waals surface area contributed by atoms with Gasteiger partial charge in [0.2, 0.25) is 0 Å². The Morgan fingerprint density at radius 3 is 2.59 bits per heavy atom. The minimum absolute atomic E-state index is 0.103. The number of carbonyl (C=O) groups is 1. The first-order valence-electron chi connectivity index (χ1n) is 12.4. The van der Waals surface area contributed by atoms with E-state index in [1.165, 1.54) is 4.90 Å². The summed E-state index contributed by atoms with van der Waals surface area (Å²) >= 11 is 14.2. The molecule has 6 nitrogen and oxygen atoms in total. The molecule has 1 saturated heterocycles. The van der Waals surface area contributed by atoms with Crippen LogP contribution >= 0.6 is 35.0 Å². The number of methoxy groups -OCH3 is 1. The second kappa shape index (κ2) is 12.7. The highest BCUT2D eigenvalue weighted by Crippen LogP contribution is 2.43. The molecule has 0 radical (unpaired) electrons. The molecule has 1 fully saturated rings. The predicted molar refractivity (Wildman–Crippen MR) is 150 cm³/mol. The van der Waals surface area contributed by atoms with Gasteiger partial charge in [0.15, 0.2) is 0 Å². The van der Waals surface area contributed by atoms with Gasteiger partial charge in [-0.2, -0.15) is 0 Å². The predicted octanol–water partition coefficient (Wildman–Crippen LogP) is 6.71. The van der Waals surface area contributed by atoms with Gasteiger partial charge in [-0.15, -0.1) is 11.8 Å². The van der Waals surface area contributed by atoms with E-state index in [1.807, 2.05) is 42.5 Å². The van der Waals surface area contributed by atoms with Crippen LogP contribution in [0.25, 0.3) is 10.9 Å². The smallest absolute Gasteiger partial charge is 0.303 e. The largest absolute Gasteiger partial charge is 0.497 e. The Hall–Kier alpha value is -2.03. The Balaban J connectivity index is 1.38. The molecule has 4 rings (SSSR count). The lowest BCUT2D eigenvalue weighted by Gasteiger charge is -2.41. The minimum atomic E-state index is -0.829. The van der Waals surface area contributed by atoms with Gasteiger partial charge < -0.3 is 19.8 Å². The molecule has 1 aliphatic heterocycles. The number of aromatic nitrogens is 1. The van der Waals surface area contributed by atoms with Gasteiger partial charge in [0.05, 0.1) is 30.2 Å². The molecular weight excluding hydrogens is 531 g/mol. The molecule has 1 aromatic heterocycles. The van der Waals surface area contributed by atoms with E-state index in [9.17, 15) is 15.0 Å². The highest BCUT2D eigenvalue weighted by atomic mass is 35.5. The second-order valence-electron chi connectivity index (χ2n) is 9.67. The third-order valence-electron chi connectivity index (χ3n) is 7.28. The highest BCUT2D eigenvalue weighted by molar-refractivity contribution is 7.99. The molecule has 9 heteroatoms. The molecule has 0 bridgehead atoms. The average molecular weight is 564 g/mol. The normalized spacial score (nSPS) is 16.5. The minimum Gasteiger partial charge on any atom is -0.497 e.